The van der Waals surface area contributed by atoms with Gasteiger partial charge in [-0.2, -0.15) is 5.10 Å². The van der Waals surface area contributed by atoms with Crippen LogP contribution in [0.2, 0.25) is 5.02 Å². The second-order valence-electron chi connectivity index (χ2n) is 11.9. The SMILES string of the molecule is COc1cc(-c2cn(C)c(=O)c3[nH]ncc23)cc(Cl)c1CN1CCN(C(=O)Cc2ccc(CC3CCC(=O)NC3=O)cc2F)CC1. The van der Waals surface area contributed by atoms with E-state index in [-0.39, 0.29) is 42.0 Å². The minimum Gasteiger partial charge on any atom is -0.496 e. The van der Waals surface area contributed by atoms with E-state index < -0.39 is 5.82 Å². The van der Waals surface area contributed by atoms with Crippen LogP contribution < -0.4 is 15.6 Å². The normalized spacial score (nSPS) is 17.4. The Morgan fingerprint density at radius 1 is 1.13 bits per heavy atom. The van der Waals surface area contributed by atoms with Crippen molar-refractivity contribution in [2.45, 2.75) is 32.2 Å². The number of pyridine rings is 1. The lowest BCUT2D eigenvalue weighted by molar-refractivity contribution is -0.136. The number of piperazine rings is 1. The van der Waals surface area contributed by atoms with Gasteiger partial charge in [-0.15, -0.1) is 0 Å². The molecule has 2 aliphatic rings. The van der Waals surface area contributed by atoms with Crippen molar-refractivity contribution in [3.63, 3.8) is 0 Å². The molecule has 0 radical (unpaired) electrons. The number of hydrogen-bond donors (Lipinski definition) is 2. The van der Waals surface area contributed by atoms with E-state index in [1.54, 1.807) is 43.6 Å². The Kier molecular flexibility index (Phi) is 8.92. The largest absolute Gasteiger partial charge is 0.496 e. The van der Waals surface area contributed by atoms with E-state index in [1.807, 2.05) is 12.1 Å². The fourth-order valence-corrected chi connectivity index (χ4v) is 6.49. The molecule has 0 aliphatic carbocycles. The van der Waals surface area contributed by atoms with Crippen molar-refractivity contribution >= 4 is 40.2 Å². The van der Waals surface area contributed by atoms with E-state index in [1.165, 1.54) is 10.6 Å². The number of nitrogens with zero attached hydrogens (tertiary/aromatic N) is 4. The maximum absolute atomic E-state index is 15.0. The van der Waals surface area contributed by atoms with Crippen LogP contribution in [0.15, 0.2) is 47.5 Å². The van der Waals surface area contributed by atoms with Gasteiger partial charge in [0.05, 0.1) is 19.7 Å². The van der Waals surface area contributed by atoms with Crippen LogP contribution in [0.4, 0.5) is 4.39 Å². The summed E-state index contributed by atoms with van der Waals surface area (Å²) in [5, 5.41) is 10.4. The number of benzene rings is 2. The van der Waals surface area contributed by atoms with Crippen molar-refractivity contribution in [1.29, 1.82) is 0 Å². The minimum atomic E-state index is -0.479. The third-order valence-electron chi connectivity index (χ3n) is 8.87. The smallest absolute Gasteiger partial charge is 0.276 e. The number of aromatic nitrogens is 3. The number of aryl methyl sites for hydroxylation is 1. The molecular formula is C33H34ClFN6O5. The van der Waals surface area contributed by atoms with Gasteiger partial charge in [0.1, 0.15) is 17.1 Å². The molecule has 0 bridgehead atoms. The average molecular weight is 649 g/mol. The Morgan fingerprint density at radius 3 is 2.63 bits per heavy atom. The van der Waals surface area contributed by atoms with E-state index >= 15 is 0 Å². The summed E-state index contributed by atoms with van der Waals surface area (Å²) >= 11 is 6.81. The number of amides is 3. The fourth-order valence-electron chi connectivity index (χ4n) is 6.22. The van der Waals surface area contributed by atoms with Gasteiger partial charge < -0.3 is 14.2 Å². The van der Waals surface area contributed by atoms with Crippen molar-refractivity contribution in [3.8, 4) is 16.9 Å². The van der Waals surface area contributed by atoms with E-state index in [0.29, 0.717) is 78.4 Å². The predicted molar refractivity (Wildman–Crippen MR) is 170 cm³/mol. The van der Waals surface area contributed by atoms with E-state index in [9.17, 15) is 23.6 Å². The van der Waals surface area contributed by atoms with Crippen molar-refractivity contribution in [2.24, 2.45) is 13.0 Å². The van der Waals surface area contributed by atoms with Crippen molar-refractivity contribution in [1.82, 2.24) is 29.9 Å². The highest BCUT2D eigenvalue weighted by molar-refractivity contribution is 6.32. The van der Waals surface area contributed by atoms with Crippen LogP contribution in [0.3, 0.4) is 0 Å². The van der Waals surface area contributed by atoms with Gasteiger partial charge in [0.25, 0.3) is 5.56 Å². The van der Waals surface area contributed by atoms with Crippen LogP contribution in [0.1, 0.15) is 29.5 Å². The molecule has 1 atom stereocenters. The molecule has 0 spiro atoms. The maximum atomic E-state index is 15.0. The van der Waals surface area contributed by atoms with Crippen molar-refractivity contribution < 1.29 is 23.5 Å². The van der Waals surface area contributed by atoms with Crippen LogP contribution in [0, 0.1) is 11.7 Å². The number of piperidine rings is 1. The van der Waals surface area contributed by atoms with E-state index in [0.717, 1.165) is 16.7 Å². The first-order chi connectivity index (χ1) is 22.1. The Labute approximate surface area is 269 Å². The second kappa shape index (κ2) is 13.1. The zero-order valence-electron chi connectivity index (χ0n) is 25.6. The molecule has 4 heterocycles. The summed E-state index contributed by atoms with van der Waals surface area (Å²) in [5.41, 5.74) is 3.61. The molecule has 13 heteroatoms. The molecule has 6 rings (SSSR count). The summed E-state index contributed by atoms with van der Waals surface area (Å²) in [7, 11) is 3.27. The molecule has 240 valence electrons. The molecule has 2 aromatic heterocycles. The summed E-state index contributed by atoms with van der Waals surface area (Å²) in [6.45, 7) is 2.71. The number of hydrogen-bond acceptors (Lipinski definition) is 7. The second-order valence-corrected chi connectivity index (χ2v) is 12.3. The first-order valence-corrected chi connectivity index (χ1v) is 15.5. The van der Waals surface area contributed by atoms with Crippen molar-refractivity contribution in [2.75, 3.05) is 33.3 Å². The Hall–Kier alpha value is -4.55. The third-order valence-corrected chi connectivity index (χ3v) is 9.21. The van der Waals surface area contributed by atoms with Crippen molar-refractivity contribution in [3.05, 3.63) is 80.6 Å². The molecule has 46 heavy (non-hydrogen) atoms. The summed E-state index contributed by atoms with van der Waals surface area (Å²) in [4.78, 5) is 53.0. The zero-order valence-corrected chi connectivity index (χ0v) is 26.3. The summed E-state index contributed by atoms with van der Waals surface area (Å²) < 4.78 is 22.2. The van der Waals surface area contributed by atoms with Crippen LogP contribution in [0.5, 0.6) is 5.75 Å². The molecule has 2 aliphatic heterocycles. The van der Waals surface area contributed by atoms with Crippen LogP contribution in [0.25, 0.3) is 22.0 Å². The van der Waals surface area contributed by atoms with Gasteiger partial charge in [0.15, 0.2) is 0 Å². The standard InChI is InChI=1S/C33H34ClFN6O5/c1-39-17-24(23-16-36-38-31(23)33(39)45)22-13-26(34)25(28(14-22)46-2)18-40-7-9-41(10-8-40)30(43)15-20-4-3-19(12-27(20)35)11-21-5-6-29(42)37-32(21)44/h3-4,12-14,16-17,21H,5-11,15,18H2,1-2H3,(H,36,38)(H,37,42,44). The molecule has 0 saturated carbocycles. The molecule has 2 aromatic carbocycles. The number of carbonyl (C=O) groups excluding carboxylic acids is 3. The number of nitrogens with one attached hydrogen (secondary N) is 2. The number of carbonyl (C=O) groups is 3. The lowest BCUT2D eigenvalue weighted by Gasteiger charge is -2.35. The number of fused-ring (bicyclic) bond motifs is 1. The highest BCUT2D eigenvalue weighted by Crippen LogP contribution is 2.36. The fraction of sp³-hybridized carbons (Fsp3) is 0.364. The summed E-state index contributed by atoms with van der Waals surface area (Å²) in [5.74, 6) is -1.00. The lowest BCUT2D eigenvalue weighted by Crippen LogP contribution is -2.48. The van der Waals surface area contributed by atoms with Gasteiger partial charge in [-0.05, 0) is 47.7 Å². The quantitative estimate of drug-likeness (QED) is 0.281. The monoisotopic (exact) mass is 648 g/mol. The van der Waals surface area contributed by atoms with Gasteiger partial charge in [-0.1, -0.05) is 23.7 Å². The first kappa shape index (κ1) is 31.4. The predicted octanol–water partition coefficient (Wildman–Crippen LogP) is 3.21. The summed E-state index contributed by atoms with van der Waals surface area (Å²) in [6, 6.07) is 8.49. The van der Waals surface area contributed by atoms with E-state index in [4.69, 9.17) is 16.3 Å². The number of rotatable bonds is 8. The van der Waals surface area contributed by atoms with Gasteiger partial charge in [0.2, 0.25) is 17.7 Å². The maximum Gasteiger partial charge on any atom is 0.276 e. The number of imide groups is 1. The van der Waals surface area contributed by atoms with Gasteiger partial charge >= 0.3 is 0 Å². The van der Waals surface area contributed by atoms with Crippen LogP contribution in [-0.4, -0.2) is 75.6 Å². The molecule has 1 unspecified atom stereocenters. The lowest BCUT2D eigenvalue weighted by atomic mass is 9.90. The first-order valence-electron chi connectivity index (χ1n) is 15.1. The van der Waals surface area contributed by atoms with Gasteiger partial charge in [0, 0.05) is 79.8 Å². The summed E-state index contributed by atoms with van der Waals surface area (Å²) in [6.07, 6.45) is 4.37. The Morgan fingerprint density at radius 2 is 1.91 bits per heavy atom. The number of ether oxygens (including phenoxy) is 1. The number of methoxy groups -OCH3 is 1. The topological polar surface area (TPSA) is 130 Å². The van der Waals surface area contributed by atoms with Gasteiger partial charge in [-0.3, -0.25) is 34.5 Å². The third kappa shape index (κ3) is 6.40. The minimum absolute atomic E-state index is 0.0549. The molecule has 3 amide bonds. The number of H-pyrrole nitrogens is 1. The van der Waals surface area contributed by atoms with E-state index in [2.05, 4.69) is 20.4 Å². The molecule has 2 N–H and O–H groups in total. The average Bonchev–Trinajstić information content (AvgIpc) is 3.53. The van der Waals surface area contributed by atoms with Gasteiger partial charge in [-0.25, -0.2) is 4.39 Å². The highest BCUT2D eigenvalue weighted by Gasteiger charge is 2.28. The Bertz CT molecular complexity index is 1900. The van der Waals surface area contributed by atoms with Crippen LogP contribution in [-0.2, 0) is 40.8 Å². The molecule has 2 fully saturated rings. The molecular weight excluding hydrogens is 615 g/mol. The number of aromatic amines is 1. The molecule has 4 aromatic rings. The zero-order chi connectivity index (χ0) is 32.5. The Balaban J connectivity index is 1.07. The molecule has 11 nitrogen and oxygen atoms in total. The highest BCUT2D eigenvalue weighted by atomic mass is 35.5. The van der Waals surface area contributed by atoms with Crippen LogP contribution >= 0.6 is 11.6 Å². The number of halogens is 2. The molecule has 2 saturated heterocycles.